The Hall–Kier alpha value is -2.12. The highest BCUT2D eigenvalue weighted by Gasteiger charge is 2.21. The lowest BCUT2D eigenvalue weighted by atomic mass is 9.97. The number of carboxylic acid groups (broad SMARTS) is 1. The number of thiophene rings is 1. The zero-order valence-electron chi connectivity index (χ0n) is 13.4. The topological polar surface area (TPSA) is 82.8 Å². The molecule has 2 aromatic heterocycles. The summed E-state index contributed by atoms with van der Waals surface area (Å²) in [6.07, 6.45) is 5.91. The van der Waals surface area contributed by atoms with Crippen molar-refractivity contribution in [3.63, 3.8) is 0 Å². The van der Waals surface area contributed by atoms with E-state index in [4.69, 9.17) is 14.3 Å². The largest absolute Gasteiger partial charge is 0.483 e. The van der Waals surface area contributed by atoms with Crippen LogP contribution in [0.5, 0.6) is 0 Å². The van der Waals surface area contributed by atoms with Crippen LogP contribution in [0.2, 0.25) is 0 Å². The Labute approximate surface area is 145 Å². The van der Waals surface area contributed by atoms with Gasteiger partial charge in [0.05, 0.1) is 12.5 Å². The predicted molar refractivity (Wildman–Crippen MR) is 92.1 cm³/mol. The van der Waals surface area contributed by atoms with Crippen molar-refractivity contribution < 1.29 is 19.1 Å². The predicted octanol–water partition coefficient (Wildman–Crippen LogP) is 2.68. The van der Waals surface area contributed by atoms with Gasteiger partial charge in [0.25, 0.3) is 12.4 Å². The molecule has 1 saturated heterocycles. The number of piperidine rings is 1. The second-order valence-corrected chi connectivity index (χ2v) is 6.48. The van der Waals surface area contributed by atoms with E-state index in [-0.39, 0.29) is 12.4 Å². The quantitative estimate of drug-likeness (QED) is 0.810. The fourth-order valence-electron chi connectivity index (χ4n) is 2.84. The Morgan fingerprint density at radius 3 is 3.00 bits per heavy atom. The van der Waals surface area contributed by atoms with Crippen LogP contribution in [-0.4, -0.2) is 42.0 Å². The molecule has 2 aromatic rings. The molecular weight excluding hydrogens is 328 g/mol. The molecule has 0 aliphatic carbocycles. The van der Waals surface area contributed by atoms with Crippen LogP contribution < -0.4 is 5.32 Å². The van der Waals surface area contributed by atoms with Gasteiger partial charge in [-0.15, -0.1) is 0 Å². The molecule has 1 atom stereocenters. The summed E-state index contributed by atoms with van der Waals surface area (Å²) in [5, 5.41) is 13.8. The summed E-state index contributed by atoms with van der Waals surface area (Å²) in [6, 6.07) is 3.88. The molecule has 1 fully saturated rings. The van der Waals surface area contributed by atoms with E-state index in [9.17, 15) is 4.79 Å². The smallest absolute Gasteiger partial charge is 0.290 e. The van der Waals surface area contributed by atoms with Crippen molar-refractivity contribution in [2.75, 3.05) is 19.6 Å². The zero-order chi connectivity index (χ0) is 17.2. The van der Waals surface area contributed by atoms with E-state index >= 15 is 0 Å². The molecule has 3 heterocycles. The van der Waals surface area contributed by atoms with Crippen molar-refractivity contribution in [3.05, 3.63) is 46.5 Å². The summed E-state index contributed by atoms with van der Waals surface area (Å²) in [4.78, 5) is 22.8. The Bertz CT molecular complexity index is 598. The van der Waals surface area contributed by atoms with Gasteiger partial charge in [-0.05, 0) is 42.8 Å². The molecule has 0 radical (unpaired) electrons. The van der Waals surface area contributed by atoms with Gasteiger partial charge in [0, 0.05) is 36.1 Å². The maximum Gasteiger partial charge on any atom is 0.290 e. The van der Waals surface area contributed by atoms with Gasteiger partial charge in [-0.1, -0.05) is 0 Å². The number of rotatable bonds is 5. The van der Waals surface area contributed by atoms with Crippen LogP contribution in [-0.2, 0) is 11.3 Å². The Balaban J connectivity index is 0.000000647. The minimum absolute atomic E-state index is 0.0446. The van der Waals surface area contributed by atoms with Crippen LogP contribution in [0.3, 0.4) is 0 Å². The van der Waals surface area contributed by atoms with Gasteiger partial charge in [-0.3, -0.25) is 14.5 Å². The van der Waals surface area contributed by atoms with Gasteiger partial charge in [-0.25, -0.2) is 0 Å². The third kappa shape index (κ3) is 5.82. The first-order chi connectivity index (χ1) is 11.7. The van der Waals surface area contributed by atoms with E-state index in [2.05, 4.69) is 10.2 Å². The van der Waals surface area contributed by atoms with Crippen LogP contribution in [0.25, 0.3) is 0 Å². The average Bonchev–Trinajstić information content (AvgIpc) is 3.27. The molecule has 24 heavy (non-hydrogen) atoms. The number of hydrogen-bond acceptors (Lipinski definition) is 5. The number of nitrogens with one attached hydrogen (secondary N) is 1. The summed E-state index contributed by atoms with van der Waals surface area (Å²) >= 11 is 1.55. The van der Waals surface area contributed by atoms with Crippen molar-refractivity contribution in [2.24, 2.45) is 5.92 Å². The molecule has 130 valence electrons. The van der Waals surface area contributed by atoms with E-state index in [0.717, 1.165) is 31.7 Å². The Kier molecular flexibility index (Phi) is 7.51. The Morgan fingerprint density at radius 1 is 1.50 bits per heavy atom. The zero-order valence-corrected chi connectivity index (χ0v) is 14.2. The summed E-state index contributed by atoms with van der Waals surface area (Å²) in [5.74, 6) is 0.580. The molecule has 7 heteroatoms. The molecule has 1 aliphatic rings. The van der Waals surface area contributed by atoms with Crippen molar-refractivity contribution in [1.82, 2.24) is 10.2 Å². The van der Waals surface area contributed by atoms with Crippen LogP contribution in [0.15, 0.2) is 39.8 Å². The fraction of sp³-hybridized carbons (Fsp3) is 0.412. The third-order valence-electron chi connectivity index (χ3n) is 3.92. The molecule has 2 N–H and O–H groups in total. The normalized spacial score (nSPS) is 17.6. The summed E-state index contributed by atoms with van der Waals surface area (Å²) in [6.45, 7) is 3.61. The summed E-state index contributed by atoms with van der Waals surface area (Å²) in [5.41, 5.74) is 1.99. The maximum absolute atomic E-state index is 12.0. The summed E-state index contributed by atoms with van der Waals surface area (Å²) < 4.78 is 5.12. The molecule has 0 bridgehead atoms. The molecule has 3 rings (SSSR count). The van der Waals surface area contributed by atoms with E-state index in [0.29, 0.717) is 5.92 Å². The fourth-order valence-corrected chi connectivity index (χ4v) is 3.47. The van der Waals surface area contributed by atoms with Gasteiger partial charge in [0.1, 0.15) is 0 Å². The SMILES string of the molecule is O=C(NCC1CCCN(Cc2ccoc2)C1)c1ccsc1.O=CO. The molecule has 1 amide bonds. The molecular formula is C17H22N2O4S. The van der Waals surface area contributed by atoms with Crippen molar-refractivity contribution in [2.45, 2.75) is 19.4 Å². The van der Waals surface area contributed by atoms with Gasteiger partial charge in [-0.2, -0.15) is 11.3 Å². The average molecular weight is 350 g/mol. The van der Waals surface area contributed by atoms with Crippen molar-refractivity contribution in [3.8, 4) is 0 Å². The highest BCUT2D eigenvalue weighted by molar-refractivity contribution is 7.08. The first kappa shape index (κ1) is 18.2. The first-order valence-electron chi connectivity index (χ1n) is 7.84. The van der Waals surface area contributed by atoms with Gasteiger partial charge < -0.3 is 14.8 Å². The molecule has 0 saturated carbocycles. The second-order valence-electron chi connectivity index (χ2n) is 5.70. The maximum atomic E-state index is 12.0. The van der Waals surface area contributed by atoms with Crippen LogP contribution in [0, 0.1) is 5.92 Å². The van der Waals surface area contributed by atoms with Gasteiger partial charge >= 0.3 is 0 Å². The number of hydrogen-bond donors (Lipinski definition) is 2. The molecule has 6 nitrogen and oxygen atoms in total. The van der Waals surface area contributed by atoms with E-state index < -0.39 is 0 Å². The van der Waals surface area contributed by atoms with E-state index in [1.807, 2.05) is 29.2 Å². The lowest BCUT2D eigenvalue weighted by Gasteiger charge is -2.32. The van der Waals surface area contributed by atoms with Crippen molar-refractivity contribution >= 4 is 23.7 Å². The number of carbonyl (C=O) groups is 2. The summed E-state index contributed by atoms with van der Waals surface area (Å²) in [7, 11) is 0. The lowest BCUT2D eigenvalue weighted by molar-refractivity contribution is -0.122. The standard InChI is InChI=1S/C16H20N2O2S.CH2O2/c19-16(15-4-7-21-12-15)17-8-13-2-1-5-18(9-13)10-14-3-6-20-11-14;2-1-3/h3-4,6-7,11-13H,1-2,5,8-10H2,(H,17,19);1H,(H,2,3). The lowest BCUT2D eigenvalue weighted by Crippen LogP contribution is -2.40. The molecule has 1 unspecified atom stereocenters. The molecule has 1 aliphatic heterocycles. The van der Waals surface area contributed by atoms with Crippen LogP contribution in [0.4, 0.5) is 0 Å². The minimum atomic E-state index is -0.250. The van der Waals surface area contributed by atoms with E-state index in [1.165, 1.54) is 18.4 Å². The minimum Gasteiger partial charge on any atom is -0.483 e. The number of carbonyl (C=O) groups excluding carboxylic acids is 1. The van der Waals surface area contributed by atoms with Gasteiger partial charge in [0.2, 0.25) is 0 Å². The van der Waals surface area contributed by atoms with E-state index in [1.54, 1.807) is 17.6 Å². The number of amides is 1. The third-order valence-corrected chi connectivity index (χ3v) is 4.61. The van der Waals surface area contributed by atoms with Crippen LogP contribution in [0.1, 0.15) is 28.8 Å². The Morgan fingerprint density at radius 2 is 2.33 bits per heavy atom. The second kappa shape index (κ2) is 9.89. The van der Waals surface area contributed by atoms with Gasteiger partial charge in [0.15, 0.2) is 0 Å². The number of nitrogens with zero attached hydrogens (tertiary/aromatic N) is 1. The highest BCUT2D eigenvalue weighted by atomic mass is 32.1. The number of furan rings is 1. The number of likely N-dealkylation sites (tertiary alicyclic amines) is 1. The highest BCUT2D eigenvalue weighted by Crippen LogP contribution is 2.18. The molecule has 0 spiro atoms. The first-order valence-corrected chi connectivity index (χ1v) is 8.79. The monoisotopic (exact) mass is 350 g/mol. The molecule has 0 aromatic carbocycles. The van der Waals surface area contributed by atoms with Crippen molar-refractivity contribution in [1.29, 1.82) is 0 Å². The van der Waals surface area contributed by atoms with Crippen LogP contribution >= 0.6 is 11.3 Å².